The molecule has 0 fully saturated rings. The first kappa shape index (κ1) is 12.2. The lowest BCUT2D eigenvalue weighted by Crippen LogP contribution is -2.17. The molecule has 0 aliphatic rings. The van der Waals surface area contributed by atoms with E-state index in [4.69, 9.17) is 0 Å². The monoisotopic (exact) mass is 317 g/mol. The summed E-state index contributed by atoms with van der Waals surface area (Å²) in [5.74, 6) is 0. The first-order valence-corrected chi connectivity index (χ1v) is 7.43. The van der Waals surface area contributed by atoms with Gasteiger partial charge in [-0.3, -0.25) is 0 Å². The molecule has 0 saturated heterocycles. The number of aryl methyl sites for hydroxylation is 1. The highest BCUT2D eigenvalue weighted by Crippen LogP contribution is 2.35. The molecule has 3 nitrogen and oxygen atoms in total. The standard InChI is InChI=1S/C10H12BrN3S2/c1-3-7-10(16-14-13-7)8(12-2)9-6(11)4-5-15-9/h4-5,8,12H,3H2,1-2H3. The van der Waals surface area contributed by atoms with Crippen molar-refractivity contribution in [1.29, 1.82) is 0 Å². The molecule has 1 unspecified atom stereocenters. The fraction of sp³-hybridized carbons (Fsp3) is 0.400. The maximum Gasteiger partial charge on any atom is 0.0809 e. The van der Waals surface area contributed by atoms with Crippen molar-refractivity contribution < 1.29 is 0 Å². The molecule has 86 valence electrons. The molecule has 0 amide bonds. The van der Waals surface area contributed by atoms with Crippen LogP contribution in [0, 0.1) is 0 Å². The molecule has 1 atom stereocenters. The first-order valence-electron chi connectivity index (χ1n) is 4.99. The Morgan fingerprint density at radius 2 is 2.31 bits per heavy atom. The lowest BCUT2D eigenvalue weighted by Gasteiger charge is -2.13. The number of nitrogens with one attached hydrogen (secondary N) is 1. The van der Waals surface area contributed by atoms with E-state index in [1.807, 2.05) is 7.05 Å². The lowest BCUT2D eigenvalue weighted by atomic mass is 10.1. The van der Waals surface area contributed by atoms with Gasteiger partial charge >= 0.3 is 0 Å². The topological polar surface area (TPSA) is 37.8 Å². The summed E-state index contributed by atoms with van der Waals surface area (Å²) in [5.41, 5.74) is 1.09. The van der Waals surface area contributed by atoms with Crippen LogP contribution in [-0.4, -0.2) is 16.6 Å². The first-order chi connectivity index (χ1) is 7.77. The van der Waals surface area contributed by atoms with E-state index in [9.17, 15) is 0 Å². The van der Waals surface area contributed by atoms with E-state index in [1.54, 1.807) is 11.3 Å². The third-order valence-corrected chi connectivity index (χ3v) is 5.14. The highest BCUT2D eigenvalue weighted by Gasteiger charge is 2.21. The van der Waals surface area contributed by atoms with Crippen molar-refractivity contribution in [3.05, 3.63) is 31.4 Å². The molecule has 2 aromatic heterocycles. The average Bonchev–Trinajstić information content (AvgIpc) is 2.90. The number of hydrogen-bond donors (Lipinski definition) is 1. The molecule has 0 radical (unpaired) electrons. The Bertz CT molecular complexity index is 466. The van der Waals surface area contributed by atoms with Crippen LogP contribution in [0.2, 0.25) is 0 Å². The summed E-state index contributed by atoms with van der Waals surface area (Å²) in [6.07, 6.45) is 0.924. The summed E-state index contributed by atoms with van der Waals surface area (Å²) in [6, 6.07) is 2.27. The Balaban J connectivity index is 2.40. The average molecular weight is 318 g/mol. The third-order valence-electron chi connectivity index (χ3n) is 2.38. The van der Waals surface area contributed by atoms with Gasteiger partial charge in [0.25, 0.3) is 0 Å². The smallest absolute Gasteiger partial charge is 0.0809 e. The Kier molecular flexibility index (Phi) is 4.07. The van der Waals surface area contributed by atoms with Gasteiger partial charge in [-0.1, -0.05) is 11.4 Å². The molecule has 2 aromatic rings. The van der Waals surface area contributed by atoms with Gasteiger partial charge < -0.3 is 5.32 Å². The number of hydrogen-bond acceptors (Lipinski definition) is 5. The van der Waals surface area contributed by atoms with Crippen molar-refractivity contribution in [2.75, 3.05) is 7.05 Å². The zero-order valence-electron chi connectivity index (χ0n) is 9.03. The van der Waals surface area contributed by atoms with Gasteiger partial charge in [0, 0.05) is 9.35 Å². The molecule has 2 rings (SSSR count). The molecular formula is C10H12BrN3S2. The van der Waals surface area contributed by atoms with Gasteiger partial charge in [-0.2, -0.15) is 0 Å². The molecule has 0 aromatic carbocycles. The molecule has 2 heterocycles. The quantitative estimate of drug-likeness (QED) is 0.940. The highest BCUT2D eigenvalue weighted by atomic mass is 79.9. The van der Waals surface area contributed by atoms with Crippen molar-refractivity contribution >= 4 is 38.8 Å². The summed E-state index contributed by atoms with van der Waals surface area (Å²) in [6.45, 7) is 2.11. The van der Waals surface area contributed by atoms with E-state index in [0.29, 0.717) is 0 Å². The van der Waals surface area contributed by atoms with Gasteiger partial charge in [0.2, 0.25) is 0 Å². The van der Waals surface area contributed by atoms with Crippen LogP contribution < -0.4 is 5.32 Å². The Morgan fingerprint density at radius 1 is 1.50 bits per heavy atom. The van der Waals surface area contributed by atoms with Crippen LogP contribution in [0.3, 0.4) is 0 Å². The summed E-state index contributed by atoms with van der Waals surface area (Å²) in [7, 11) is 1.97. The second-order valence-electron chi connectivity index (χ2n) is 3.29. The highest BCUT2D eigenvalue weighted by molar-refractivity contribution is 9.10. The summed E-state index contributed by atoms with van der Waals surface area (Å²) < 4.78 is 5.19. The van der Waals surface area contributed by atoms with Gasteiger partial charge in [0.1, 0.15) is 0 Å². The van der Waals surface area contributed by atoms with Gasteiger partial charge in [0.05, 0.1) is 16.6 Å². The number of thiophene rings is 1. The van der Waals surface area contributed by atoms with Crippen LogP contribution in [0.1, 0.15) is 28.4 Å². The third kappa shape index (κ3) is 2.20. The second-order valence-corrected chi connectivity index (χ2v) is 5.88. The predicted octanol–water partition coefficient (Wildman–Crippen LogP) is 3.23. The minimum Gasteiger partial charge on any atom is -0.308 e. The molecule has 0 aliphatic carbocycles. The molecular weight excluding hydrogens is 306 g/mol. The van der Waals surface area contributed by atoms with Crippen LogP contribution in [0.5, 0.6) is 0 Å². The minimum atomic E-state index is 0.198. The van der Waals surface area contributed by atoms with Crippen LogP contribution in [0.4, 0.5) is 0 Å². The fourth-order valence-corrected chi connectivity index (χ4v) is 4.23. The maximum atomic E-state index is 4.16. The van der Waals surface area contributed by atoms with Gasteiger partial charge in [-0.05, 0) is 52.4 Å². The number of rotatable bonds is 4. The molecule has 1 N–H and O–H groups in total. The summed E-state index contributed by atoms with van der Waals surface area (Å²) in [4.78, 5) is 2.50. The largest absolute Gasteiger partial charge is 0.308 e. The van der Waals surface area contributed by atoms with Crippen molar-refractivity contribution in [3.8, 4) is 0 Å². The van der Waals surface area contributed by atoms with E-state index in [0.717, 1.165) is 16.6 Å². The fourth-order valence-electron chi connectivity index (χ4n) is 1.57. The lowest BCUT2D eigenvalue weighted by molar-refractivity contribution is 0.702. The molecule has 0 saturated carbocycles. The maximum absolute atomic E-state index is 4.16. The number of aromatic nitrogens is 2. The van der Waals surface area contributed by atoms with Crippen molar-refractivity contribution in [1.82, 2.24) is 14.9 Å². The van der Waals surface area contributed by atoms with E-state index >= 15 is 0 Å². The normalized spacial score (nSPS) is 12.9. The van der Waals surface area contributed by atoms with Crippen LogP contribution in [0.15, 0.2) is 15.9 Å². The summed E-state index contributed by atoms with van der Waals surface area (Å²) in [5, 5.41) is 9.58. The predicted molar refractivity (Wildman–Crippen MR) is 72.2 cm³/mol. The molecule has 0 spiro atoms. The van der Waals surface area contributed by atoms with Crippen LogP contribution in [0.25, 0.3) is 0 Å². The van der Waals surface area contributed by atoms with E-state index in [-0.39, 0.29) is 6.04 Å². The van der Waals surface area contributed by atoms with E-state index < -0.39 is 0 Å². The van der Waals surface area contributed by atoms with Gasteiger partial charge in [0.15, 0.2) is 0 Å². The zero-order chi connectivity index (χ0) is 11.5. The molecule has 16 heavy (non-hydrogen) atoms. The SMILES string of the molecule is CCc1nnsc1C(NC)c1sccc1Br. The molecule has 0 bridgehead atoms. The van der Waals surface area contributed by atoms with E-state index in [1.165, 1.54) is 21.3 Å². The second kappa shape index (κ2) is 5.35. The molecule has 0 aliphatic heterocycles. The Hall–Kier alpha value is -0.300. The molecule has 6 heteroatoms. The number of nitrogens with zero attached hydrogens (tertiary/aromatic N) is 2. The number of halogens is 1. The van der Waals surface area contributed by atoms with Gasteiger partial charge in [-0.25, -0.2) is 0 Å². The van der Waals surface area contributed by atoms with Gasteiger partial charge in [-0.15, -0.1) is 16.4 Å². The van der Waals surface area contributed by atoms with Crippen molar-refractivity contribution in [2.24, 2.45) is 0 Å². The Morgan fingerprint density at radius 3 is 2.88 bits per heavy atom. The van der Waals surface area contributed by atoms with Crippen molar-refractivity contribution in [3.63, 3.8) is 0 Å². The Labute approximate surface area is 111 Å². The minimum absolute atomic E-state index is 0.198. The van der Waals surface area contributed by atoms with Crippen LogP contribution >= 0.6 is 38.8 Å². The van der Waals surface area contributed by atoms with Crippen molar-refractivity contribution in [2.45, 2.75) is 19.4 Å². The summed E-state index contributed by atoms with van der Waals surface area (Å²) >= 11 is 6.79. The van der Waals surface area contributed by atoms with E-state index in [2.05, 4.69) is 49.2 Å². The van der Waals surface area contributed by atoms with Crippen LogP contribution in [-0.2, 0) is 6.42 Å². The zero-order valence-corrected chi connectivity index (χ0v) is 12.2.